The van der Waals surface area contributed by atoms with Gasteiger partial charge >= 0.3 is 5.97 Å². The van der Waals surface area contributed by atoms with Crippen LogP contribution < -0.4 is 11.1 Å². The first-order valence-corrected chi connectivity index (χ1v) is 6.22. The molecule has 7 heteroatoms. The summed E-state index contributed by atoms with van der Waals surface area (Å²) in [6, 6.07) is 5.80. The lowest BCUT2D eigenvalue weighted by atomic mass is 10.1. The second kappa shape index (κ2) is 5.46. The normalized spacial score (nSPS) is 10.3. The molecule has 0 spiro atoms. The third-order valence-electron chi connectivity index (χ3n) is 2.57. The fourth-order valence-corrected chi connectivity index (χ4v) is 1.95. The van der Waals surface area contributed by atoms with Crippen LogP contribution in [-0.4, -0.2) is 11.1 Å². The van der Waals surface area contributed by atoms with Crippen LogP contribution in [0.15, 0.2) is 34.8 Å². The average Bonchev–Trinajstić information content (AvgIpc) is 2.36. The van der Waals surface area contributed by atoms with E-state index in [4.69, 9.17) is 10.8 Å². The Kier molecular flexibility index (Phi) is 3.89. The van der Waals surface area contributed by atoms with Crippen molar-refractivity contribution in [1.82, 2.24) is 0 Å². The molecule has 0 fully saturated rings. The Hall–Kier alpha value is -2.15. The predicted molar refractivity (Wildman–Crippen MR) is 75.2 cm³/mol. The van der Waals surface area contributed by atoms with E-state index in [-0.39, 0.29) is 22.6 Å². The van der Waals surface area contributed by atoms with Gasteiger partial charge in [-0.25, -0.2) is 13.6 Å². The van der Waals surface area contributed by atoms with Gasteiger partial charge in [0.2, 0.25) is 0 Å². The first-order chi connectivity index (χ1) is 9.38. The van der Waals surface area contributed by atoms with Crippen LogP contribution in [0.25, 0.3) is 0 Å². The number of anilines is 3. The molecule has 0 aromatic heterocycles. The van der Waals surface area contributed by atoms with E-state index in [1.807, 2.05) is 0 Å². The zero-order valence-corrected chi connectivity index (χ0v) is 11.5. The Morgan fingerprint density at radius 3 is 2.55 bits per heavy atom. The molecule has 0 aliphatic carbocycles. The summed E-state index contributed by atoms with van der Waals surface area (Å²) in [6.45, 7) is 0. The quantitative estimate of drug-likeness (QED) is 0.742. The van der Waals surface area contributed by atoms with E-state index in [9.17, 15) is 13.6 Å². The largest absolute Gasteiger partial charge is 0.478 e. The summed E-state index contributed by atoms with van der Waals surface area (Å²) in [5.41, 5.74) is 5.16. The standard InChI is InChI=1S/C13H9BrF2N2O2/c14-8-2-1-6(15)3-11(8)18-12-4-7(13(19)20)10(17)5-9(12)16/h1-5,18H,17H2,(H,19,20). The Balaban J connectivity index is 2.45. The molecule has 0 amide bonds. The van der Waals surface area contributed by atoms with Crippen LogP contribution in [0.5, 0.6) is 0 Å². The number of carboxylic acids is 1. The number of halogens is 3. The molecule has 0 saturated carbocycles. The minimum Gasteiger partial charge on any atom is -0.478 e. The fraction of sp³-hybridized carbons (Fsp3) is 0. The van der Waals surface area contributed by atoms with Crippen molar-refractivity contribution in [3.05, 3.63) is 52.0 Å². The van der Waals surface area contributed by atoms with Crippen LogP contribution in [0, 0.1) is 11.6 Å². The molecule has 2 aromatic rings. The number of benzene rings is 2. The van der Waals surface area contributed by atoms with Gasteiger partial charge in [-0.3, -0.25) is 0 Å². The van der Waals surface area contributed by atoms with Crippen LogP contribution in [-0.2, 0) is 0 Å². The summed E-state index contributed by atoms with van der Waals surface area (Å²) < 4.78 is 27.4. The molecule has 4 nitrogen and oxygen atoms in total. The van der Waals surface area contributed by atoms with E-state index in [0.717, 1.165) is 18.2 Å². The second-order valence-electron chi connectivity index (χ2n) is 3.97. The summed E-state index contributed by atoms with van der Waals surface area (Å²) >= 11 is 3.18. The minimum atomic E-state index is -1.27. The van der Waals surface area contributed by atoms with E-state index in [1.165, 1.54) is 12.1 Å². The highest BCUT2D eigenvalue weighted by Crippen LogP contribution is 2.30. The lowest BCUT2D eigenvalue weighted by molar-refractivity contribution is 0.0698. The first kappa shape index (κ1) is 14.3. The van der Waals surface area contributed by atoms with Crippen molar-refractivity contribution in [1.29, 1.82) is 0 Å². The van der Waals surface area contributed by atoms with Gasteiger partial charge in [-0.05, 0) is 46.3 Å². The van der Waals surface area contributed by atoms with Crippen molar-refractivity contribution in [2.24, 2.45) is 0 Å². The maximum atomic E-state index is 13.8. The van der Waals surface area contributed by atoms with Crippen molar-refractivity contribution >= 4 is 39.0 Å². The molecular weight excluding hydrogens is 334 g/mol. The van der Waals surface area contributed by atoms with E-state index >= 15 is 0 Å². The van der Waals surface area contributed by atoms with E-state index in [2.05, 4.69) is 21.2 Å². The van der Waals surface area contributed by atoms with Gasteiger partial charge in [0.1, 0.15) is 11.6 Å². The number of aromatic carboxylic acids is 1. The molecule has 2 rings (SSSR count). The predicted octanol–water partition coefficient (Wildman–Crippen LogP) is 3.75. The minimum absolute atomic E-state index is 0.108. The van der Waals surface area contributed by atoms with Crippen LogP contribution in [0.4, 0.5) is 25.8 Å². The monoisotopic (exact) mass is 342 g/mol. The number of nitrogen functional groups attached to an aromatic ring is 1. The topological polar surface area (TPSA) is 75.3 Å². The Bertz CT molecular complexity index is 692. The maximum absolute atomic E-state index is 13.8. The zero-order chi connectivity index (χ0) is 14.9. The summed E-state index contributed by atoms with van der Waals surface area (Å²) in [5.74, 6) is -2.52. The summed E-state index contributed by atoms with van der Waals surface area (Å²) in [7, 11) is 0. The highest BCUT2D eigenvalue weighted by Gasteiger charge is 2.14. The van der Waals surface area contributed by atoms with Gasteiger partial charge < -0.3 is 16.2 Å². The van der Waals surface area contributed by atoms with Gasteiger partial charge in [-0.15, -0.1) is 0 Å². The molecule has 0 radical (unpaired) electrons. The van der Waals surface area contributed by atoms with Crippen LogP contribution in [0.3, 0.4) is 0 Å². The van der Waals surface area contributed by atoms with Gasteiger partial charge in [-0.1, -0.05) is 0 Å². The molecule has 0 bridgehead atoms. The number of rotatable bonds is 3. The lowest BCUT2D eigenvalue weighted by Crippen LogP contribution is -2.05. The van der Waals surface area contributed by atoms with E-state index in [1.54, 1.807) is 0 Å². The molecule has 0 atom stereocenters. The number of nitrogens with one attached hydrogen (secondary N) is 1. The van der Waals surface area contributed by atoms with Crippen LogP contribution in [0.1, 0.15) is 10.4 Å². The van der Waals surface area contributed by atoms with E-state index < -0.39 is 17.6 Å². The number of nitrogens with two attached hydrogens (primary N) is 1. The molecule has 4 N–H and O–H groups in total. The number of hydrogen-bond donors (Lipinski definition) is 3. The Morgan fingerprint density at radius 2 is 1.90 bits per heavy atom. The average molecular weight is 343 g/mol. The summed E-state index contributed by atoms with van der Waals surface area (Å²) in [6.07, 6.45) is 0. The maximum Gasteiger partial charge on any atom is 0.337 e. The molecule has 20 heavy (non-hydrogen) atoms. The molecule has 0 aliphatic rings. The zero-order valence-electron chi connectivity index (χ0n) is 9.95. The van der Waals surface area contributed by atoms with Crippen molar-refractivity contribution in [3.8, 4) is 0 Å². The van der Waals surface area contributed by atoms with Crippen molar-refractivity contribution in [2.75, 3.05) is 11.1 Å². The Labute approximate surface area is 121 Å². The van der Waals surface area contributed by atoms with Crippen LogP contribution >= 0.6 is 15.9 Å². The SMILES string of the molecule is Nc1cc(F)c(Nc2cc(F)ccc2Br)cc1C(=O)O. The third kappa shape index (κ3) is 2.88. The van der Waals surface area contributed by atoms with Crippen LogP contribution in [0.2, 0.25) is 0 Å². The van der Waals surface area contributed by atoms with Gasteiger partial charge in [0, 0.05) is 10.2 Å². The third-order valence-corrected chi connectivity index (χ3v) is 3.26. The van der Waals surface area contributed by atoms with E-state index in [0.29, 0.717) is 4.47 Å². The molecule has 0 heterocycles. The van der Waals surface area contributed by atoms with Gasteiger partial charge in [-0.2, -0.15) is 0 Å². The molecule has 0 saturated heterocycles. The highest BCUT2D eigenvalue weighted by atomic mass is 79.9. The summed E-state index contributed by atoms with van der Waals surface area (Å²) in [4.78, 5) is 11.0. The van der Waals surface area contributed by atoms with Crippen molar-refractivity contribution < 1.29 is 18.7 Å². The number of carboxylic acid groups (broad SMARTS) is 1. The van der Waals surface area contributed by atoms with Gasteiger partial charge in [0.05, 0.1) is 16.9 Å². The molecule has 2 aromatic carbocycles. The molecule has 104 valence electrons. The molecule has 0 unspecified atom stereocenters. The molecule has 0 aliphatic heterocycles. The number of hydrogen-bond acceptors (Lipinski definition) is 3. The fourth-order valence-electron chi connectivity index (χ4n) is 1.61. The Morgan fingerprint density at radius 1 is 1.20 bits per heavy atom. The smallest absolute Gasteiger partial charge is 0.337 e. The summed E-state index contributed by atoms with van der Waals surface area (Å²) in [5, 5.41) is 11.6. The molecular formula is C13H9BrF2N2O2. The number of carbonyl (C=O) groups is 1. The van der Waals surface area contributed by atoms with Gasteiger partial charge in [0.25, 0.3) is 0 Å². The van der Waals surface area contributed by atoms with Crippen molar-refractivity contribution in [2.45, 2.75) is 0 Å². The highest BCUT2D eigenvalue weighted by molar-refractivity contribution is 9.10. The van der Waals surface area contributed by atoms with Crippen molar-refractivity contribution in [3.63, 3.8) is 0 Å². The first-order valence-electron chi connectivity index (χ1n) is 5.43. The van der Waals surface area contributed by atoms with Gasteiger partial charge in [0.15, 0.2) is 0 Å². The lowest BCUT2D eigenvalue weighted by Gasteiger charge is -2.11. The second-order valence-corrected chi connectivity index (χ2v) is 4.83.